The van der Waals surface area contributed by atoms with E-state index in [2.05, 4.69) is 10.3 Å². The summed E-state index contributed by atoms with van der Waals surface area (Å²) in [4.78, 5) is 16.3. The molecule has 6 nitrogen and oxygen atoms in total. The molecule has 1 saturated heterocycles. The topological polar surface area (TPSA) is 79.9 Å². The van der Waals surface area contributed by atoms with Crippen molar-refractivity contribution in [2.75, 3.05) is 13.1 Å². The van der Waals surface area contributed by atoms with Crippen LogP contribution in [0.25, 0.3) is 5.82 Å². The standard InChI is InChI=1S/C16H16N4O2/c17-10-12-1-2-15(19-11-12)20-8-5-14(9-16(20)21)22-13-3-6-18-7-4-13/h1-2,5,8-9,11,13,18H,3-4,6-7H2. The van der Waals surface area contributed by atoms with Crippen molar-refractivity contribution in [2.24, 2.45) is 0 Å². The summed E-state index contributed by atoms with van der Waals surface area (Å²) in [6, 6.07) is 8.52. The van der Waals surface area contributed by atoms with Gasteiger partial charge in [0.15, 0.2) is 0 Å². The number of nitrogens with one attached hydrogen (secondary N) is 1. The highest BCUT2D eigenvalue weighted by Crippen LogP contribution is 2.15. The molecule has 3 rings (SSSR count). The average molecular weight is 296 g/mol. The van der Waals surface area contributed by atoms with Gasteiger partial charge in [-0.15, -0.1) is 0 Å². The minimum absolute atomic E-state index is 0.157. The molecule has 22 heavy (non-hydrogen) atoms. The average Bonchev–Trinajstić information content (AvgIpc) is 2.56. The number of nitriles is 1. The van der Waals surface area contributed by atoms with Gasteiger partial charge >= 0.3 is 0 Å². The van der Waals surface area contributed by atoms with Crippen LogP contribution >= 0.6 is 0 Å². The zero-order valence-electron chi connectivity index (χ0n) is 12.0. The second-order valence-electron chi connectivity index (χ2n) is 5.15. The fraction of sp³-hybridized carbons (Fsp3) is 0.312. The first-order valence-electron chi connectivity index (χ1n) is 7.23. The minimum atomic E-state index is -0.205. The van der Waals surface area contributed by atoms with Gasteiger partial charge < -0.3 is 10.1 Å². The van der Waals surface area contributed by atoms with Crippen molar-refractivity contribution in [2.45, 2.75) is 18.9 Å². The van der Waals surface area contributed by atoms with Gasteiger partial charge in [0.1, 0.15) is 23.7 Å². The second-order valence-corrected chi connectivity index (χ2v) is 5.15. The lowest BCUT2D eigenvalue weighted by Gasteiger charge is -2.23. The van der Waals surface area contributed by atoms with Crippen LogP contribution in [-0.4, -0.2) is 28.7 Å². The lowest BCUT2D eigenvalue weighted by molar-refractivity contribution is 0.162. The molecule has 1 N–H and O–H groups in total. The molecular formula is C16H16N4O2. The highest BCUT2D eigenvalue weighted by Gasteiger charge is 2.15. The number of rotatable bonds is 3. The van der Waals surface area contributed by atoms with E-state index in [-0.39, 0.29) is 11.7 Å². The van der Waals surface area contributed by atoms with Crippen LogP contribution in [0.5, 0.6) is 5.75 Å². The van der Waals surface area contributed by atoms with E-state index >= 15 is 0 Å². The van der Waals surface area contributed by atoms with Crippen LogP contribution in [0.3, 0.4) is 0 Å². The summed E-state index contributed by atoms with van der Waals surface area (Å²) in [7, 11) is 0. The van der Waals surface area contributed by atoms with Gasteiger partial charge in [-0.25, -0.2) is 4.98 Å². The van der Waals surface area contributed by atoms with Crippen LogP contribution < -0.4 is 15.6 Å². The number of pyridine rings is 2. The molecule has 2 aromatic heterocycles. The van der Waals surface area contributed by atoms with Gasteiger partial charge in [-0.2, -0.15) is 5.26 Å². The molecule has 0 aromatic carbocycles. The molecule has 3 heterocycles. The molecule has 0 bridgehead atoms. The summed E-state index contributed by atoms with van der Waals surface area (Å²) in [5, 5.41) is 12.0. The van der Waals surface area contributed by atoms with Gasteiger partial charge in [0.25, 0.3) is 5.56 Å². The maximum absolute atomic E-state index is 12.2. The van der Waals surface area contributed by atoms with Crippen molar-refractivity contribution in [3.8, 4) is 17.6 Å². The lowest BCUT2D eigenvalue weighted by atomic mass is 10.1. The Kier molecular flexibility index (Phi) is 4.17. The number of nitrogens with zero attached hydrogens (tertiary/aromatic N) is 3. The maximum atomic E-state index is 12.2. The third-order valence-corrected chi connectivity index (χ3v) is 3.60. The predicted octanol–water partition coefficient (Wildman–Crippen LogP) is 1.23. The monoisotopic (exact) mass is 296 g/mol. The van der Waals surface area contributed by atoms with Crippen LogP contribution in [0.1, 0.15) is 18.4 Å². The molecule has 0 atom stereocenters. The second kappa shape index (κ2) is 6.41. The van der Waals surface area contributed by atoms with Gasteiger partial charge in [-0.1, -0.05) is 0 Å². The molecule has 0 radical (unpaired) electrons. The van der Waals surface area contributed by atoms with Crippen molar-refractivity contribution < 1.29 is 4.74 Å². The van der Waals surface area contributed by atoms with E-state index in [9.17, 15) is 4.79 Å². The maximum Gasteiger partial charge on any atom is 0.259 e. The molecule has 0 saturated carbocycles. The van der Waals surface area contributed by atoms with Crippen LogP contribution in [0, 0.1) is 11.3 Å². The van der Waals surface area contributed by atoms with Crippen molar-refractivity contribution in [3.63, 3.8) is 0 Å². The van der Waals surface area contributed by atoms with Crippen molar-refractivity contribution in [3.05, 3.63) is 52.6 Å². The molecule has 1 aliphatic heterocycles. The summed E-state index contributed by atoms with van der Waals surface area (Å²) in [6.07, 6.45) is 5.14. The molecule has 0 unspecified atom stereocenters. The Morgan fingerprint density at radius 3 is 2.77 bits per heavy atom. The quantitative estimate of drug-likeness (QED) is 0.921. The predicted molar refractivity (Wildman–Crippen MR) is 81.1 cm³/mol. The van der Waals surface area contributed by atoms with Gasteiger partial charge in [0.05, 0.1) is 5.56 Å². The Morgan fingerprint density at radius 1 is 1.32 bits per heavy atom. The van der Waals surface area contributed by atoms with Crippen molar-refractivity contribution in [1.29, 1.82) is 5.26 Å². The summed E-state index contributed by atoms with van der Waals surface area (Å²) in [6.45, 7) is 1.88. The molecule has 1 aliphatic rings. The smallest absolute Gasteiger partial charge is 0.259 e. The summed E-state index contributed by atoms with van der Waals surface area (Å²) in [5.74, 6) is 1.07. The Bertz CT molecular complexity index is 740. The highest BCUT2D eigenvalue weighted by molar-refractivity contribution is 5.33. The summed E-state index contributed by atoms with van der Waals surface area (Å²) >= 11 is 0. The SMILES string of the molecule is N#Cc1ccc(-n2ccc(OC3CCNCC3)cc2=O)nc1. The fourth-order valence-electron chi connectivity index (χ4n) is 2.42. The minimum Gasteiger partial charge on any atom is -0.490 e. The number of ether oxygens (including phenoxy) is 1. The molecule has 6 heteroatoms. The number of hydrogen-bond acceptors (Lipinski definition) is 5. The van der Waals surface area contributed by atoms with E-state index < -0.39 is 0 Å². The Hall–Kier alpha value is -2.65. The highest BCUT2D eigenvalue weighted by atomic mass is 16.5. The molecule has 0 aliphatic carbocycles. The molecular weight excluding hydrogens is 280 g/mol. The van der Waals surface area contributed by atoms with E-state index in [1.54, 1.807) is 24.4 Å². The Balaban J connectivity index is 1.79. The molecule has 2 aromatic rings. The van der Waals surface area contributed by atoms with Gasteiger partial charge in [-0.3, -0.25) is 9.36 Å². The first kappa shape index (κ1) is 14.3. The fourth-order valence-corrected chi connectivity index (χ4v) is 2.42. The number of hydrogen-bond donors (Lipinski definition) is 1. The third kappa shape index (κ3) is 3.15. The van der Waals surface area contributed by atoms with Crippen LogP contribution in [-0.2, 0) is 0 Å². The molecule has 0 amide bonds. The van der Waals surface area contributed by atoms with Crippen LogP contribution in [0.4, 0.5) is 0 Å². The molecule has 112 valence electrons. The lowest BCUT2D eigenvalue weighted by Crippen LogP contribution is -2.34. The van der Waals surface area contributed by atoms with E-state index in [0.29, 0.717) is 17.1 Å². The van der Waals surface area contributed by atoms with Gasteiger partial charge in [-0.05, 0) is 44.1 Å². The van der Waals surface area contributed by atoms with Crippen molar-refractivity contribution in [1.82, 2.24) is 14.9 Å². The van der Waals surface area contributed by atoms with E-state index in [0.717, 1.165) is 25.9 Å². The van der Waals surface area contributed by atoms with Crippen molar-refractivity contribution >= 4 is 0 Å². The zero-order valence-corrected chi connectivity index (χ0v) is 12.0. The third-order valence-electron chi connectivity index (χ3n) is 3.60. The number of piperidine rings is 1. The normalized spacial score (nSPS) is 15.2. The van der Waals surface area contributed by atoms with E-state index in [1.165, 1.54) is 16.8 Å². The first-order valence-corrected chi connectivity index (χ1v) is 7.23. The number of aromatic nitrogens is 2. The largest absolute Gasteiger partial charge is 0.490 e. The van der Waals surface area contributed by atoms with E-state index in [1.807, 2.05) is 6.07 Å². The van der Waals surface area contributed by atoms with Crippen LogP contribution in [0.2, 0.25) is 0 Å². The zero-order chi connectivity index (χ0) is 15.4. The Morgan fingerprint density at radius 2 is 2.14 bits per heavy atom. The van der Waals surface area contributed by atoms with Gasteiger partial charge in [0, 0.05) is 18.5 Å². The molecule has 1 fully saturated rings. The molecule has 0 spiro atoms. The first-order chi connectivity index (χ1) is 10.8. The van der Waals surface area contributed by atoms with E-state index in [4.69, 9.17) is 10.00 Å². The summed E-state index contributed by atoms with van der Waals surface area (Å²) < 4.78 is 7.27. The summed E-state index contributed by atoms with van der Waals surface area (Å²) in [5.41, 5.74) is 0.256. The van der Waals surface area contributed by atoms with Gasteiger partial charge in [0.2, 0.25) is 0 Å². The van der Waals surface area contributed by atoms with Crippen LogP contribution in [0.15, 0.2) is 41.5 Å². The Labute approximate surface area is 128 Å².